The average Bonchev–Trinajstić information content (AvgIpc) is 3.28. The zero-order chi connectivity index (χ0) is 24.0. The number of nitrogens with zero attached hydrogens (tertiary/aromatic N) is 2. The van der Waals surface area contributed by atoms with Gasteiger partial charge in [0.25, 0.3) is 0 Å². The van der Waals surface area contributed by atoms with Crippen LogP contribution in [0.5, 0.6) is 11.5 Å². The molecule has 1 fully saturated rings. The van der Waals surface area contributed by atoms with Crippen molar-refractivity contribution in [3.8, 4) is 11.5 Å². The minimum Gasteiger partial charge on any atom is -0.454 e. The van der Waals surface area contributed by atoms with Crippen LogP contribution in [0, 0.1) is 0 Å². The first kappa shape index (κ1) is 23.5. The fourth-order valence-corrected chi connectivity index (χ4v) is 5.56. The highest BCUT2D eigenvalue weighted by molar-refractivity contribution is 8.24. The van der Waals surface area contributed by atoms with Crippen LogP contribution in [0.2, 0.25) is 0 Å². The second kappa shape index (κ2) is 8.58. The molecular formula is C21H20F3N3O4S2. The molecule has 0 spiro atoms. The van der Waals surface area contributed by atoms with E-state index in [1.807, 2.05) is 19.9 Å². The number of ether oxygens (including phenoxy) is 2. The Balaban J connectivity index is 1.54. The van der Waals surface area contributed by atoms with Gasteiger partial charge in [-0.2, -0.15) is 18.2 Å². The maximum atomic E-state index is 13.0. The number of amides is 2. The maximum Gasteiger partial charge on any atom is 0.416 e. The quantitative estimate of drug-likeness (QED) is 0.336. The first-order valence-electron chi connectivity index (χ1n) is 9.80. The van der Waals surface area contributed by atoms with Gasteiger partial charge in [0.2, 0.25) is 6.79 Å². The molecule has 176 valence electrons. The number of benzene rings is 2. The largest absolute Gasteiger partial charge is 0.454 e. The van der Waals surface area contributed by atoms with E-state index >= 15 is 0 Å². The Hall–Kier alpha value is -2.70. The number of anilines is 1. The minimum atomic E-state index is -4.56. The number of rotatable bonds is 4. The van der Waals surface area contributed by atoms with Gasteiger partial charge in [-0.05, 0) is 49.7 Å². The van der Waals surface area contributed by atoms with Crippen LogP contribution in [0.4, 0.5) is 23.7 Å². The molecule has 2 heterocycles. The summed E-state index contributed by atoms with van der Waals surface area (Å²) < 4.78 is 49.4. The Bertz CT molecular complexity index is 1100. The Morgan fingerprint density at radius 1 is 1.27 bits per heavy atom. The van der Waals surface area contributed by atoms with Crippen molar-refractivity contribution >= 4 is 40.0 Å². The predicted molar refractivity (Wildman–Crippen MR) is 120 cm³/mol. The van der Waals surface area contributed by atoms with Crippen molar-refractivity contribution in [3.63, 3.8) is 0 Å². The summed E-state index contributed by atoms with van der Waals surface area (Å²) in [5.74, 6) is 1.21. The molecule has 0 unspecified atom stereocenters. The van der Waals surface area contributed by atoms with E-state index in [2.05, 4.69) is 5.32 Å². The van der Waals surface area contributed by atoms with E-state index in [9.17, 15) is 23.2 Å². The highest BCUT2D eigenvalue weighted by atomic mass is 32.2. The zero-order valence-corrected chi connectivity index (χ0v) is 19.2. The molecule has 0 saturated carbocycles. The number of carbonyl (C=O) groups excluding carboxylic acids is 1. The first-order chi connectivity index (χ1) is 15.5. The van der Waals surface area contributed by atoms with Crippen LogP contribution in [-0.4, -0.2) is 43.2 Å². The van der Waals surface area contributed by atoms with Crippen molar-refractivity contribution < 1.29 is 32.6 Å². The number of hydroxylamine groups is 2. The van der Waals surface area contributed by atoms with Crippen LogP contribution in [0.1, 0.15) is 25.0 Å². The molecule has 0 radical (unpaired) electrons. The second-order valence-electron chi connectivity index (χ2n) is 8.01. The molecule has 2 aromatic rings. The summed E-state index contributed by atoms with van der Waals surface area (Å²) in [4.78, 5) is 14.5. The third-order valence-electron chi connectivity index (χ3n) is 5.17. The molecule has 2 aliphatic rings. The van der Waals surface area contributed by atoms with Gasteiger partial charge in [0.1, 0.15) is 10.5 Å². The number of fused-ring (bicyclic) bond motifs is 1. The second-order valence-corrected chi connectivity index (χ2v) is 10.3. The van der Waals surface area contributed by atoms with E-state index in [0.29, 0.717) is 20.9 Å². The smallest absolute Gasteiger partial charge is 0.416 e. The SMILES string of the molecule is CC1(C)SC(=S)N(Cc2ccc3c(c2)OCO3)[C@@H]1N(O)C(=O)Nc1cccc(C(F)(F)F)c1. The van der Waals surface area contributed by atoms with Crippen LogP contribution in [0.15, 0.2) is 42.5 Å². The van der Waals surface area contributed by atoms with Gasteiger partial charge < -0.3 is 19.7 Å². The van der Waals surface area contributed by atoms with Crippen LogP contribution in [-0.2, 0) is 12.7 Å². The van der Waals surface area contributed by atoms with Gasteiger partial charge >= 0.3 is 12.2 Å². The number of halogens is 3. The van der Waals surface area contributed by atoms with Crippen molar-refractivity contribution in [3.05, 3.63) is 53.6 Å². The normalized spacial score (nSPS) is 19.0. The molecule has 33 heavy (non-hydrogen) atoms. The lowest BCUT2D eigenvalue weighted by Gasteiger charge is -2.37. The molecule has 0 aliphatic carbocycles. The molecule has 1 saturated heterocycles. The summed E-state index contributed by atoms with van der Waals surface area (Å²) in [6.45, 7) is 4.03. The number of thioether (sulfide) groups is 1. The molecule has 2 N–H and O–H groups in total. The molecule has 2 aromatic carbocycles. The van der Waals surface area contributed by atoms with Gasteiger partial charge in [0.05, 0.1) is 10.3 Å². The summed E-state index contributed by atoms with van der Waals surface area (Å²) in [5, 5.41) is 13.6. The summed E-state index contributed by atoms with van der Waals surface area (Å²) in [6.07, 6.45) is -5.44. The highest BCUT2D eigenvalue weighted by Crippen LogP contribution is 2.44. The number of hydrogen-bond acceptors (Lipinski definition) is 6. The van der Waals surface area contributed by atoms with Crippen LogP contribution >= 0.6 is 24.0 Å². The van der Waals surface area contributed by atoms with E-state index in [0.717, 1.165) is 17.7 Å². The van der Waals surface area contributed by atoms with E-state index in [4.69, 9.17) is 21.7 Å². The number of carbonyl (C=O) groups is 1. The maximum absolute atomic E-state index is 13.0. The van der Waals surface area contributed by atoms with Gasteiger partial charge in [0, 0.05) is 12.2 Å². The monoisotopic (exact) mass is 499 g/mol. The summed E-state index contributed by atoms with van der Waals surface area (Å²) in [5.41, 5.74) is -0.189. The standard InChI is InChI=1S/C21H20F3N3O4S2/c1-20(2)17(27(29)18(28)25-14-5-3-4-13(9-14)21(22,23)24)26(19(32)33-20)10-12-6-7-15-16(8-12)31-11-30-15/h3-9,17,29H,10-11H2,1-2H3,(H,25,28)/t17-/m1/s1. The molecular weight excluding hydrogens is 479 g/mol. The molecule has 0 bridgehead atoms. The fourth-order valence-electron chi connectivity index (χ4n) is 3.69. The lowest BCUT2D eigenvalue weighted by atomic mass is 10.1. The third kappa shape index (κ3) is 4.82. The van der Waals surface area contributed by atoms with Crippen molar-refractivity contribution in [1.29, 1.82) is 0 Å². The third-order valence-corrected chi connectivity index (χ3v) is 6.80. The molecule has 7 nitrogen and oxygen atoms in total. The molecule has 12 heteroatoms. The Kier molecular flexibility index (Phi) is 6.10. The predicted octanol–water partition coefficient (Wildman–Crippen LogP) is 5.30. The number of urea groups is 1. The molecule has 2 aliphatic heterocycles. The van der Waals surface area contributed by atoms with Crippen LogP contribution < -0.4 is 14.8 Å². The molecule has 1 atom stereocenters. The van der Waals surface area contributed by atoms with Gasteiger partial charge in [0.15, 0.2) is 11.5 Å². The van der Waals surface area contributed by atoms with Crippen LogP contribution in [0.25, 0.3) is 0 Å². The lowest BCUT2D eigenvalue weighted by Crippen LogP contribution is -2.55. The first-order valence-corrected chi connectivity index (χ1v) is 11.0. The number of hydrogen-bond donors (Lipinski definition) is 2. The Labute approximate surface area is 197 Å². The van der Waals surface area contributed by atoms with Crippen molar-refractivity contribution in [2.75, 3.05) is 12.1 Å². The lowest BCUT2D eigenvalue weighted by molar-refractivity contribution is -0.137. The Morgan fingerprint density at radius 2 is 2.00 bits per heavy atom. The van der Waals surface area contributed by atoms with Gasteiger partial charge in [-0.15, -0.1) is 0 Å². The summed E-state index contributed by atoms with van der Waals surface area (Å²) in [6, 6.07) is 8.59. The van der Waals surface area contributed by atoms with Gasteiger partial charge in [-0.25, -0.2) is 4.79 Å². The summed E-state index contributed by atoms with van der Waals surface area (Å²) in [7, 11) is 0. The van der Waals surface area contributed by atoms with E-state index in [1.165, 1.54) is 23.9 Å². The van der Waals surface area contributed by atoms with Crippen molar-refractivity contribution in [1.82, 2.24) is 9.96 Å². The number of thiocarbonyl (C=S) groups is 1. The van der Waals surface area contributed by atoms with E-state index < -0.39 is 28.7 Å². The topological polar surface area (TPSA) is 74.3 Å². The Morgan fingerprint density at radius 3 is 2.73 bits per heavy atom. The minimum absolute atomic E-state index is 0.0952. The van der Waals surface area contributed by atoms with Crippen molar-refractivity contribution in [2.24, 2.45) is 0 Å². The number of alkyl halides is 3. The molecule has 4 rings (SSSR count). The molecule has 2 amide bonds. The van der Waals surface area contributed by atoms with Gasteiger partial charge in [-0.1, -0.05) is 36.1 Å². The fraction of sp³-hybridized carbons (Fsp3) is 0.333. The highest BCUT2D eigenvalue weighted by Gasteiger charge is 2.49. The van der Waals surface area contributed by atoms with Gasteiger partial charge in [-0.3, -0.25) is 5.21 Å². The van der Waals surface area contributed by atoms with E-state index in [-0.39, 0.29) is 19.0 Å². The van der Waals surface area contributed by atoms with Crippen molar-refractivity contribution in [2.45, 2.75) is 37.5 Å². The van der Waals surface area contributed by atoms with E-state index in [1.54, 1.807) is 17.0 Å². The number of nitrogens with one attached hydrogen (secondary N) is 1. The zero-order valence-electron chi connectivity index (χ0n) is 17.5. The van der Waals surface area contributed by atoms with Crippen LogP contribution in [0.3, 0.4) is 0 Å². The molecule has 0 aromatic heterocycles. The average molecular weight is 500 g/mol. The summed E-state index contributed by atoms with van der Waals surface area (Å²) >= 11 is 6.81.